The van der Waals surface area contributed by atoms with Gasteiger partial charge in [0.1, 0.15) is 0 Å². The van der Waals surface area contributed by atoms with E-state index in [0.29, 0.717) is 0 Å². The van der Waals surface area contributed by atoms with Crippen LogP contribution in [0.15, 0.2) is 164 Å². The lowest BCUT2D eigenvalue weighted by Crippen LogP contribution is -2.19. The maximum absolute atomic E-state index is 5.87. The third-order valence-corrected chi connectivity index (χ3v) is 10.4. The summed E-state index contributed by atoms with van der Waals surface area (Å²) in [4.78, 5) is 0. The molecule has 6 aromatic carbocycles. The van der Waals surface area contributed by atoms with Crippen molar-refractivity contribution in [1.29, 1.82) is 0 Å². The Kier molecular flexibility index (Phi) is 9.17. The van der Waals surface area contributed by atoms with Gasteiger partial charge in [-0.25, -0.2) is 0 Å². The molecular formula is C48H44N4. The molecule has 4 nitrogen and oxygen atoms in total. The zero-order valence-electron chi connectivity index (χ0n) is 29.7. The normalized spacial score (nSPS) is 13.0. The number of benzene rings is 6. The smallest absolute Gasteiger partial charge is 0.0784 e. The summed E-state index contributed by atoms with van der Waals surface area (Å²) in [6.45, 7) is 5.98. The van der Waals surface area contributed by atoms with Crippen LogP contribution in [0.4, 0.5) is 0 Å². The van der Waals surface area contributed by atoms with Gasteiger partial charge in [-0.15, -0.1) is 0 Å². The minimum absolute atomic E-state index is 0.472. The van der Waals surface area contributed by atoms with E-state index in [0.717, 1.165) is 22.4 Å². The van der Waals surface area contributed by atoms with Crippen LogP contribution in [0.2, 0.25) is 0 Å². The van der Waals surface area contributed by atoms with E-state index in [9.17, 15) is 0 Å². The van der Waals surface area contributed by atoms with Gasteiger partial charge in [0, 0.05) is 33.2 Å². The van der Waals surface area contributed by atoms with Crippen LogP contribution in [0.25, 0.3) is 60.8 Å². The summed E-state index contributed by atoms with van der Waals surface area (Å²) in [6, 6.07) is 51.5. The van der Waals surface area contributed by atoms with Crippen molar-refractivity contribution in [1.82, 2.24) is 9.13 Å². The van der Waals surface area contributed by atoms with Gasteiger partial charge in [0.25, 0.3) is 0 Å². The first-order chi connectivity index (χ1) is 25.5. The van der Waals surface area contributed by atoms with Gasteiger partial charge in [0.05, 0.1) is 22.7 Å². The molecule has 2 heterocycles. The Labute approximate surface area is 305 Å². The van der Waals surface area contributed by atoms with Gasteiger partial charge in [-0.05, 0) is 115 Å². The molecule has 0 saturated heterocycles. The lowest BCUT2D eigenvalue weighted by molar-refractivity contribution is 0.667. The topological polar surface area (TPSA) is 61.9 Å². The van der Waals surface area contributed by atoms with Gasteiger partial charge in [0.2, 0.25) is 0 Å². The number of rotatable bonds is 6. The molecule has 9 rings (SSSR count). The van der Waals surface area contributed by atoms with E-state index >= 15 is 0 Å². The molecule has 0 aliphatic heterocycles. The molecule has 4 N–H and O–H groups in total. The molecular weight excluding hydrogens is 633 g/mol. The minimum atomic E-state index is -0.472. The second kappa shape index (κ2) is 14.4. The number of nitrogens with two attached hydrogens (primary N) is 2. The third-order valence-electron chi connectivity index (χ3n) is 10.4. The van der Waals surface area contributed by atoms with Crippen LogP contribution in [0, 0.1) is 0 Å². The first kappa shape index (κ1) is 33.2. The first-order valence-corrected chi connectivity index (χ1v) is 18.2. The Bertz CT molecular complexity index is 2530. The fourth-order valence-electron chi connectivity index (χ4n) is 7.88. The lowest BCUT2D eigenvalue weighted by atomic mass is 9.95. The fourth-order valence-corrected chi connectivity index (χ4v) is 7.88. The van der Waals surface area contributed by atoms with Gasteiger partial charge in [0.15, 0.2) is 0 Å². The minimum Gasteiger partial charge on any atom is -0.313 e. The number of fused-ring (bicyclic) bond motifs is 6. The van der Waals surface area contributed by atoms with Crippen LogP contribution in [0.5, 0.6) is 0 Å². The zero-order chi connectivity index (χ0) is 35.6. The van der Waals surface area contributed by atoms with Crippen LogP contribution in [-0.4, -0.2) is 9.13 Å². The molecule has 2 aromatic heterocycles. The lowest BCUT2D eigenvalue weighted by Gasteiger charge is -2.16. The number of nitrogens with zero attached hydrogens (tertiary/aromatic N) is 2. The zero-order valence-corrected chi connectivity index (χ0v) is 29.7. The molecule has 0 atom stereocenters. The molecule has 1 aliphatic rings. The van der Waals surface area contributed by atoms with Crippen LogP contribution < -0.4 is 11.5 Å². The van der Waals surface area contributed by atoms with Gasteiger partial charge in [-0.3, -0.25) is 0 Å². The number of aromatic nitrogens is 2. The van der Waals surface area contributed by atoms with E-state index in [1.54, 1.807) is 5.56 Å². The fraction of sp³-hybridized carbons (Fsp3) is 0.125. The van der Waals surface area contributed by atoms with Crippen molar-refractivity contribution in [3.05, 3.63) is 187 Å². The highest BCUT2D eigenvalue weighted by Crippen LogP contribution is 2.36. The van der Waals surface area contributed by atoms with Crippen molar-refractivity contribution in [2.24, 2.45) is 11.5 Å². The Balaban J connectivity index is 0.000000151. The standard InChI is InChI=1S/C25H21N3.C23H23N/c26-25(27)19-9-5-7-17(15-19)18-8-6-10-20(16-18)28-23-13-3-1-11-21(23)22-12-2-4-14-24(22)28;1-3-9-17(2)18-14-15-21-20-12-7-8-13-22(20)24(23(21)16-18)19-10-5-4-6-11-19/h1-16,25H,26-27H2;3-6,9-11,14-16H,1,7-8,12-13H2,2H3/b;17-9+. The highest BCUT2D eigenvalue weighted by Gasteiger charge is 2.21. The quantitative estimate of drug-likeness (QED) is 0.136. The summed E-state index contributed by atoms with van der Waals surface area (Å²) in [7, 11) is 0. The average Bonchev–Trinajstić information content (AvgIpc) is 3.71. The monoisotopic (exact) mass is 676 g/mol. The Morgan fingerprint density at radius 2 is 1.23 bits per heavy atom. The average molecular weight is 677 g/mol. The molecule has 8 aromatic rings. The summed E-state index contributed by atoms with van der Waals surface area (Å²) >= 11 is 0. The molecule has 0 unspecified atom stereocenters. The molecule has 256 valence electrons. The maximum atomic E-state index is 5.87. The van der Waals surface area contributed by atoms with E-state index < -0.39 is 6.17 Å². The molecule has 0 bridgehead atoms. The Morgan fingerprint density at radius 3 is 1.94 bits per heavy atom. The number of hydrogen-bond donors (Lipinski definition) is 2. The van der Waals surface area contributed by atoms with E-state index in [1.165, 1.54) is 80.9 Å². The summed E-state index contributed by atoms with van der Waals surface area (Å²) in [5.41, 5.74) is 26.7. The number of hydrogen-bond acceptors (Lipinski definition) is 2. The summed E-state index contributed by atoms with van der Waals surface area (Å²) < 4.78 is 4.81. The van der Waals surface area contributed by atoms with E-state index in [-0.39, 0.29) is 0 Å². The molecule has 0 radical (unpaired) electrons. The van der Waals surface area contributed by atoms with Gasteiger partial charge >= 0.3 is 0 Å². The Hall–Kier alpha value is -5.94. The predicted molar refractivity (Wildman–Crippen MR) is 221 cm³/mol. The van der Waals surface area contributed by atoms with Crippen molar-refractivity contribution >= 4 is 38.3 Å². The molecule has 1 aliphatic carbocycles. The summed E-state index contributed by atoms with van der Waals surface area (Å²) in [5, 5.41) is 3.95. The Morgan fingerprint density at radius 1 is 0.596 bits per heavy atom. The molecule has 0 amide bonds. The van der Waals surface area contributed by atoms with E-state index in [1.807, 2.05) is 18.2 Å². The van der Waals surface area contributed by atoms with Crippen molar-refractivity contribution < 1.29 is 0 Å². The van der Waals surface area contributed by atoms with Gasteiger partial charge in [-0.1, -0.05) is 116 Å². The number of para-hydroxylation sites is 3. The van der Waals surface area contributed by atoms with Crippen LogP contribution in [-0.2, 0) is 12.8 Å². The third kappa shape index (κ3) is 6.17. The molecule has 0 fully saturated rings. The number of aryl methyl sites for hydroxylation is 1. The molecule has 0 spiro atoms. The first-order valence-electron chi connectivity index (χ1n) is 18.2. The highest BCUT2D eigenvalue weighted by molar-refractivity contribution is 6.09. The SMILES string of the molecule is C=C/C=C(\C)c1ccc2c3c(n(-c4ccccc4)c2c1)CCCC3.NC(N)c1cccc(-c2cccc(-n3c4ccccc4c4ccccc43)c2)c1. The second-order valence-electron chi connectivity index (χ2n) is 13.7. The van der Waals surface area contributed by atoms with Gasteiger partial charge in [-0.2, -0.15) is 0 Å². The summed E-state index contributed by atoms with van der Waals surface area (Å²) in [5.74, 6) is 0. The van der Waals surface area contributed by atoms with E-state index in [4.69, 9.17) is 11.5 Å². The van der Waals surface area contributed by atoms with Crippen molar-refractivity contribution in [3.63, 3.8) is 0 Å². The molecule has 4 heteroatoms. The van der Waals surface area contributed by atoms with Crippen molar-refractivity contribution in [2.75, 3.05) is 0 Å². The summed E-state index contributed by atoms with van der Waals surface area (Å²) in [6.07, 6.45) is 8.44. The number of allylic oxidation sites excluding steroid dienone is 3. The van der Waals surface area contributed by atoms with Crippen LogP contribution >= 0.6 is 0 Å². The van der Waals surface area contributed by atoms with E-state index in [2.05, 4.69) is 162 Å². The van der Waals surface area contributed by atoms with Gasteiger partial charge < -0.3 is 20.6 Å². The largest absolute Gasteiger partial charge is 0.313 e. The van der Waals surface area contributed by atoms with Crippen molar-refractivity contribution in [2.45, 2.75) is 38.8 Å². The molecule has 52 heavy (non-hydrogen) atoms. The van der Waals surface area contributed by atoms with Crippen LogP contribution in [0.1, 0.15) is 48.3 Å². The predicted octanol–water partition coefficient (Wildman–Crippen LogP) is 11.5. The van der Waals surface area contributed by atoms with Crippen LogP contribution in [0.3, 0.4) is 0 Å². The molecule has 0 saturated carbocycles. The van der Waals surface area contributed by atoms with Crippen molar-refractivity contribution in [3.8, 4) is 22.5 Å². The maximum Gasteiger partial charge on any atom is 0.0784 e. The highest BCUT2D eigenvalue weighted by atomic mass is 15.0. The second-order valence-corrected chi connectivity index (χ2v) is 13.7.